The van der Waals surface area contributed by atoms with Gasteiger partial charge in [-0.2, -0.15) is 0 Å². The molecule has 0 bridgehead atoms. The van der Waals surface area contributed by atoms with Crippen molar-refractivity contribution in [3.63, 3.8) is 0 Å². The molecule has 6 aromatic heterocycles. The van der Waals surface area contributed by atoms with Gasteiger partial charge in [0.1, 0.15) is 36.4 Å². The molecular formula is C51H48N4O2+2. The number of rotatable bonds is 2. The van der Waals surface area contributed by atoms with E-state index in [1.807, 2.05) is 86.5 Å². The Hall–Kier alpha value is -6.40. The van der Waals surface area contributed by atoms with E-state index < -0.39 is 20.6 Å². The number of furan rings is 2. The quantitative estimate of drug-likeness (QED) is 0.165. The van der Waals surface area contributed by atoms with Crippen molar-refractivity contribution in [3.8, 4) is 22.5 Å². The Morgan fingerprint density at radius 1 is 0.456 bits per heavy atom. The molecule has 0 saturated carbocycles. The van der Waals surface area contributed by atoms with Gasteiger partial charge in [-0.25, -0.2) is 9.13 Å². The minimum atomic E-state index is -2.27. The number of aryl methyl sites for hydroxylation is 11. The molecule has 6 nitrogen and oxygen atoms in total. The fourth-order valence-corrected chi connectivity index (χ4v) is 8.08. The molecule has 6 heteroatoms. The van der Waals surface area contributed by atoms with Crippen molar-refractivity contribution in [3.05, 3.63) is 142 Å². The van der Waals surface area contributed by atoms with Gasteiger partial charge >= 0.3 is 0 Å². The third kappa shape index (κ3) is 6.02. The van der Waals surface area contributed by atoms with Crippen LogP contribution >= 0.6 is 0 Å². The summed E-state index contributed by atoms with van der Waals surface area (Å²) < 4.78 is 87.4. The van der Waals surface area contributed by atoms with Crippen molar-refractivity contribution in [2.75, 3.05) is 0 Å². The number of fused-ring (bicyclic) bond motifs is 8. The lowest BCUT2D eigenvalue weighted by Crippen LogP contribution is -2.31. The highest BCUT2D eigenvalue weighted by atomic mass is 16.3. The molecule has 0 unspecified atom stereocenters. The molecule has 0 N–H and O–H groups in total. The third-order valence-electron chi connectivity index (χ3n) is 11.2. The minimum absolute atomic E-state index is 0.269. The van der Waals surface area contributed by atoms with Gasteiger partial charge in [0, 0.05) is 91.4 Å². The molecule has 6 heterocycles. The van der Waals surface area contributed by atoms with E-state index in [0.29, 0.717) is 44.5 Å². The van der Waals surface area contributed by atoms with Gasteiger partial charge in [-0.3, -0.25) is 9.97 Å². The summed E-state index contributed by atoms with van der Waals surface area (Å²) in [7, 11) is 3.71. The number of nitrogens with zero attached hydrogens (tertiary/aromatic N) is 4. The van der Waals surface area contributed by atoms with Crippen LogP contribution in [0.3, 0.4) is 0 Å². The van der Waals surface area contributed by atoms with Gasteiger partial charge in [0.05, 0.1) is 22.2 Å². The summed E-state index contributed by atoms with van der Waals surface area (Å²) in [5, 5.41) is 5.41. The molecule has 0 aliphatic heterocycles. The molecule has 282 valence electrons. The van der Waals surface area contributed by atoms with Crippen molar-refractivity contribution in [2.24, 2.45) is 14.1 Å². The topological polar surface area (TPSA) is 59.8 Å². The van der Waals surface area contributed by atoms with E-state index in [-0.39, 0.29) is 5.56 Å². The Bertz CT molecular complexity index is 3650. The standard InChI is InChI=1S/C26H25N2O.C25H23N2O/c1-14-7-8-19-21-11-20-16(3)9-18(5)27-22(20)12-24(21)29-26(19)25(14)23-10-15(2)17(4)13-28(23)6;1-14-6-9-19-20-11-18-8-7-17(4)26-21(18)12-23(20)28-25(19)24(14)22-10-15(2)16(3)13-27(22)5/h7-13H,1-6H3;6-13H,1-5H3/q2*+1/i3D3,4D3;3D3. The number of pyridine rings is 4. The van der Waals surface area contributed by atoms with Crippen molar-refractivity contribution in [1.29, 1.82) is 0 Å². The van der Waals surface area contributed by atoms with Gasteiger partial charge in [0.15, 0.2) is 12.4 Å². The monoisotopic (exact) mass is 757 g/mol. The van der Waals surface area contributed by atoms with Crippen LogP contribution in [0.5, 0.6) is 0 Å². The van der Waals surface area contributed by atoms with Gasteiger partial charge in [0.2, 0.25) is 11.4 Å². The van der Waals surface area contributed by atoms with Gasteiger partial charge in [-0.15, -0.1) is 0 Å². The Kier molecular flexibility index (Phi) is 6.39. The summed E-state index contributed by atoms with van der Waals surface area (Å²) in [5.74, 6) is 0. The Balaban J connectivity index is 0.000000167. The zero-order chi connectivity index (χ0) is 47.5. The molecule has 0 radical (unpaired) electrons. The zero-order valence-corrected chi connectivity index (χ0v) is 33.3. The predicted octanol–water partition coefficient (Wildman–Crippen LogP) is 12.0. The fraction of sp³-hybridized carbons (Fsp3) is 0.216. The lowest BCUT2D eigenvalue weighted by Gasteiger charge is -2.07. The van der Waals surface area contributed by atoms with Crippen LogP contribution in [-0.4, -0.2) is 9.97 Å². The summed E-state index contributed by atoms with van der Waals surface area (Å²) in [5.41, 5.74) is 14.0. The van der Waals surface area contributed by atoms with Crippen LogP contribution in [0.4, 0.5) is 0 Å². The number of hydrogen-bond acceptors (Lipinski definition) is 4. The molecule has 0 saturated heterocycles. The average Bonchev–Trinajstić information content (AvgIpc) is 3.76. The zero-order valence-electron chi connectivity index (χ0n) is 42.3. The van der Waals surface area contributed by atoms with E-state index in [9.17, 15) is 0 Å². The van der Waals surface area contributed by atoms with Crippen LogP contribution in [0, 0.1) is 62.1 Å². The lowest BCUT2D eigenvalue weighted by atomic mass is 9.98. The average molecular weight is 758 g/mol. The molecule has 10 aromatic rings. The molecular weight excluding hydrogens is 701 g/mol. The minimum Gasteiger partial charge on any atom is -0.455 e. The molecule has 10 rings (SSSR count). The number of hydrogen-bond donors (Lipinski definition) is 0. The van der Waals surface area contributed by atoms with Crippen LogP contribution in [0.25, 0.3) is 88.2 Å². The first-order valence-electron chi connectivity index (χ1n) is 23.4. The number of benzene rings is 4. The van der Waals surface area contributed by atoms with Crippen LogP contribution in [0.1, 0.15) is 62.7 Å². The van der Waals surface area contributed by atoms with Crippen molar-refractivity contribution in [1.82, 2.24) is 9.97 Å². The van der Waals surface area contributed by atoms with E-state index in [0.717, 1.165) is 88.5 Å². The maximum Gasteiger partial charge on any atom is 0.216 e. The molecule has 0 fully saturated rings. The van der Waals surface area contributed by atoms with Crippen LogP contribution in [-0.2, 0) is 14.1 Å². The second-order valence-electron chi connectivity index (χ2n) is 15.4. The van der Waals surface area contributed by atoms with E-state index in [4.69, 9.17) is 21.2 Å². The van der Waals surface area contributed by atoms with Gasteiger partial charge in [-0.1, -0.05) is 30.3 Å². The van der Waals surface area contributed by atoms with Crippen molar-refractivity contribution < 1.29 is 30.3 Å². The molecule has 0 amide bonds. The van der Waals surface area contributed by atoms with Crippen molar-refractivity contribution in [2.45, 2.75) is 62.1 Å². The van der Waals surface area contributed by atoms with E-state index >= 15 is 0 Å². The first-order valence-corrected chi connectivity index (χ1v) is 18.9. The molecule has 0 spiro atoms. The van der Waals surface area contributed by atoms with Crippen LogP contribution in [0.15, 0.2) is 100 Å². The van der Waals surface area contributed by atoms with E-state index in [2.05, 4.69) is 41.2 Å². The summed E-state index contributed by atoms with van der Waals surface area (Å²) in [4.78, 5) is 9.19. The Morgan fingerprint density at radius 3 is 1.54 bits per heavy atom. The second kappa shape index (κ2) is 13.4. The highest BCUT2D eigenvalue weighted by Crippen LogP contribution is 2.40. The molecule has 0 aliphatic rings. The predicted molar refractivity (Wildman–Crippen MR) is 234 cm³/mol. The highest BCUT2D eigenvalue weighted by Gasteiger charge is 2.24. The second-order valence-corrected chi connectivity index (χ2v) is 15.4. The van der Waals surface area contributed by atoms with Crippen LogP contribution in [0.2, 0.25) is 0 Å². The van der Waals surface area contributed by atoms with Gasteiger partial charge in [0.25, 0.3) is 0 Å². The maximum atomic E-state index is 8.00. The maximum absolute atomic E-state index is 8.00. The summed E-state index contributed by atoms with van der Waals surface area (Å²) in [6.45, 7) is 4.84. The molecule has 0 aliphatic carbocycles. The van der Waals surface area contributed by atoms with Gasteiger partial charge < -0.3 is 8.83 Å². The van der Waals surface area contributed by atoms with Crippen molar-refractivity contribution >= 4 is 65.7 Å². The first-order chi connectivity index (χ1) is 30.9. The number of aromatic nitrogens is 4. The summed E-state index contributed by atoms with van der Waals surface area (Å²) in [6, 6.07) is 25.5. The first kappa shape index (κ1) is 27.2. The van der Waals surface area contributed by atoms with Gasteiger partial charge in [-0.05, 0) is 114 Å². The highest BCUT2D eigenvalue weighted by molar-refractivity contribution is 6.14. The summed E-state index contributed by atoms with van der Waals surface area (Å²) in [6.07, 6.45) is 3.36. The Labute approximate surface area is 345 Å². The smallest absolute Gasteiger partial charge is 0.216 e. The SMILES string of the molecule is [2H]C([2H])([2H])c1c[n+](C)c(-c2c(C)ccc3c2oc2cc4nc(C)cc(C([2H])([2H])[2H])c4cc23)cc1C.[2H]C([2H])([2H])c1c[n+](C)c(-c2c(C)ccc3c2oc2cc4nc(C)ccc4cc23)cc1C. The largest absolute Gasteiger partial charge is 0.455 e. The van der Waals surface area contributed by atoms with E-state index in [1.165, 1.54) is 0 Å². The normalized spacial score (nSPS) is 14.8. The Morgan fingerprint density at radius 2 is 0.982 bits per heavy atom. The third-order valence-corrected chi connectivity index (χ3v) is 11.2. The van der Waals surface area contributed by atoms with E-state index in [1.54, 1.807) is 38.4 Å². The molecule has 0 atom stereocenters. The van der Waals surface area contributed by atoms with Crippen LogP contribution < -0.4 is 9.13 Å². The lowest BCUT2D eigenvalue weighted by molar-refractivity contribution is -0.660. The fourth-order valence-electron chi connectivity index (χ4n) is 8.08. The summed E-state index contributed by atoms with van der Waals surface area (Å²) >= 11 is 0. The molecule has 57 heavy (non-hydrogen) atoms. The molecule has 4 aromatic carbocycles.